The second-order valence-corrected chi connectivity index (χ2v) is 10.5. The van der Waals surface area contributed by atoms with Gasteiger partial charge < -0.3 is 16.0 Å². The molecule has 6 heteroatoms. The van der Waals surface area contributed by atoms with Gasteiger partial charge in [-0.1, -0.05) is 105 Å². The zero-order valence-electron chi connectivity index (χ0n) is 23.0. The van der Waals surface area contributed by atoms with Gasteiger partial charge in [0.15, 0.2) is 0 Å². The van der Waals surface area contributed by atoms with Crippen molar-refractivity contribution in [1.29, 1.82) is 0 Å². The zero-order chi connectivity index (χ0) is 27.9. The van der Waals surface area contributed by atoms with Crippen molar-refractivity contribution in [3.63, 3.8) is 0 Å². The van der Waals surface area contributed by atoms with E-state index in [2.05, 4.69) is 16.0 Å². The molecule has 0 saturated carbocycles. The Bertz CT molecular complexity index is 1160. The molecule has 205 valence electrons. The molecule has 0 aliphatic heterocycles. The lowest BCUT2D eigenvalue weighted by molar-refractivity contribution is -0.125. The van der Waals surface area contributed by atoms with Gasteiger partial charge in [-0.15, -0.1) is 0 Å². The van der Waals surface area contributed by atoms with E-state index in [4.69, 9.17) is 0 Å². The number of nitrogens with one attached hydrogen (secondary N) is 3. The Labute approximate surface area is 232 Å². The highest BCUT2D eigenvalue weighted by atomic mass is 16.2. The SMILES string of the molecule is CC(C)([CH]CC(=O)NCc1ccccc1)C(CCC(=O)NCc1ccccc1)CC(=O)NCc1ccccc1. The molecular formula is C33H40N3O3. The van der Waals surface area contributed by atoms with Gasteiger partial charge in [-0.25, -0.2) is 0 Å². The first kappa shape index (κ1) is 29.6. The van der Waals surface area contributed by atoms with Gasteiger partial charge in [-0.05, 0) is 40.9 Å². The number of hydrogen-bond acceptors (Lipinski definition) is 3. The van der Waals surface area contributed by atoms with Gasteiger partial charge in [0.1, 0.15) is 0 Å². The van der Waals surface area contributed by atoms with Crippen molar-refractivity contribution in [2.45, 2.75) is 59.2 Å². The maximum atomic E-state index is 12.9. The Morgan fingerprint density at radius 2 is 1.05 bits per heavy atom. The van der Waals surface area contributed by atoms with Gasteiger partial charge in [0.05, 0.1) is 0 Å². The second kappa shape index (κ2) is 15.5. The Hall–Kier alpha value is -3.93. The molecule has 6 nitrogen and oxygen atoms in total. The fraction of sp³-hybridized carbons (Fsp3) is 0.333. The van der Waals surface area contributed by atoms with E-state index in [1.54, 1.807) is 0 Å². The topological polar surface area (TPSA) is 87.3 Å². The van der Waals surface area contributed by atoms with E-state index >= 15 is 0 Å². The van der Waals surface area contributed by atoms with Crippen LogP contribution in [0, 0.1) is 17.8 Å². The van der Waals surface area contributed by atoms with E-state index in [1.165, 1.54) is 0 Å². The summed E-state index contributed by atoms with van der Waals surface area (Å²) >= 11 is 0. The summed E-state index contributed by atoms with van der Waals surface area (Å²) in [5, 5.41) is 8.94. The van der Waals surface area contributed by atoms with Crippen molar-refractivity contribution in [2.24, 2.45) is 11.3 Å². The predicted molar refractivity (Wildman–Crippen MR) is 155 cm³/mol. The number of carbonyl (C=O) groups excluding carboxylic acids is 3. The molecule has 0 spiro atoms. The highest BCUT2D eigenvalue weighted by Crippen LogP contribution is 2.37. The normalized spacial score (nSPS) is 11.8. The standard InChI is InChI=1S/C33H40N3O3/c1-33(2,21-20-31(38)35-24-27-14-8-4-9-15-27)29(22-32(39)36-25-28-16-10-5-11-17-28)18-19-30(37)34-23-26-12-6-3-7-13-26/h3-17,21,29H,18-20,22-25H2,1-2H3,(H,34,37)(H,35,38)(H,36,39). The first-order valence-corrected chi connectivity index (χ1v) is 13.6. The molecule has 3 aromatic carbocycles. The van der Waals surface area contributed by atoms with E-state index < -0.39 is 5.41 Å². The lowest BCUT2D eigenvalue weighted by atomic mass is 9.71. The van der Waals surface area contributed by atoms with Gasteiger partial charge in [0.2, 0.25) is 17.7 Å². The van der Waals surface area contributed by atoms with Crippen LogP contribution in [0.4, 0.5) is 0 Å². The smallest absolute Gasteiger partial charge is 0.220 e. The fourth-order valence-electron chi connectivity index (χ4n) is 4.41. The average molecular weight is 527 g/mol. The molecule has 0 fully saturated rings. The average Bonchev–Trinajstić information content (AvgIpc) is 2.96. The van der Waals surface area contributed by atoms with Crippen LogP contribution in [0.1, 0.15) is 56.2 Å². The van der Waals surface area contributed by atoms with Crippen LogP contribution in [-0.4, -0.2) is 17.7 Å². The molecule has 0 bridgehead atoms. The number of carbonyl (C=O) groups is 3. The Kier molecular flexibility index (Phi) is 11.8. The zero-order valence-corrected chi connectivity index (χ0v) is 23.0. The fourth-order valence-corrected chi connectivity index (χ4v) is 4.41. The molecule has 3 amide bonds. The van der Waals surface area contributed by atoms with Gasteiger partial charge in [-0.2, -0.15) is 0 Å². The minimum Gasteiger partial charge on any atom is -0.352 e. The number of rotatable bonds is 15. The predicted octanol–water partition coefficient (Wildman–Crippen LogP) is 5.34. The van der Waals surface area contributed by atoms with Crippen molar-refractivity contribution < 1.29 is 14.4 Å². The van der Waals surface area contributed by atoms with Gasteiger partial charge >= 0.3 is 0 Å². The van der Waals surface area contributed by atoms with Crippen LogP contribution in [0.25, 0.3) is 0 Å². The van der Waals surface area contributed by atoms with E-state index in [-0.39, 0.29) is 36.5 Å². The van der Waals surface area contributed by atoms with Crippen molar-refractivity contribution >= 4 is 17.7 Å². The van der Waals surface area contributed by atoms with E-state index in [1.807, 2.05) is 111 Å². The second-order valence-electron chi connectivity index (χ2n) is 10.5. The Morgan fingerprint density at radius 3 is 1.51 bits per heavy atom. The van der Waals surface area contributed by atoms with Crippen LogP contribution in [0.3, 0.4) is 0 Å². The first-order chi connectivity index (χ1) is 18.8. The minimum absolute atomic E-state index is 0.0510. The van der Waals surface area contributed by atoms with Crippen molar-refractivity contribution in [1.82, 2.24) is 16.0 Å². The molecule has 1 atom stereocenters. The molecule has 1 radical (unpaired) electrons. The summed E-state index contributed by atoms with van der Waals surface area (Å²) in [5.74, 6) is -0.300. The third-order valence-electron chi connectivity index (χ3n) is 7.01. The Morgan fingerprint density at radius 1 is 0.641 bits per heavy atom. The first-order valence-electron chi connectivity index (χ1n) is 13.6. The molecule has 0 aromatic heterocycles. The quantitative estimate of drug-likeness (QED) is 0.250. The third-order valence-corrected chi connectivity index (χ3v) is 7.01. The highest BCUT2D eigenvalue weighted by molar-refractivity contribution is 5.78. The maximum absolute atomic E-state index is 12.9. The van der Waals surface area contributed by atoms with Crippen LogP contribution < -0.4 is 16.0 Å². The van der Waals surface area contributed by atoms with E-state index in [0.717, 1.165) is 16.7 Å². The number of amides is 3. The van der Waals surface area contributed by atoms with Gasteiger partial charge in [0, 0.05) is 38.9 Å². The number of hydrogen-bond donors (Lipinski definition) is 3. The molecular weight excluding hydrogens is 486 g/mol. The molecule has 3 N–H and O–H groups in total. The number of benzene rings is 3. The van der Waals surface area contributed by atoms with Crippen molar-refractivity contribution in [3.05, 3.63) is 114 Å². The third kappa shape index (κ3) is 11.1. The lowest BCUT2D eigenvalue weighted by Gasteiger charge is -2.34. The molecule has 0 saturated heterocycles. The van der Waals surface area contributed by atoms with Crippen LogP contribution in [0.5, 0.6) is 0 Å². The molecule has 0 aliphatic carbocycles. The van der Waals surface area contributed by atoms with Crippen molar-refractivity contribution in [3.8, 4) is 0 Å². The summed E-state index contributed by atoms with van der Waals surface area (Å²) in [6.07, 6.45) is 3.33. The largest absolute Gasteiger partial charge is 0.352 e. The van der Waals surface area contributed by atoms with Crippen LogP contribution >= 0.6 is 0 Å². The monoisotopic (exact) mass is 526 g/mol. The molecule has 3 rings (SSSR count). The van der Waals surface area contributed by atoms with Crippen LogP contribution in [0.2, 0.25) is 0 Å². The lowest BCUT2D eigenvalue weighted by Crippen LogP contribution is -2.34. The van der Waals surface area contributed by atoms with E-state index in [0.29, 0.717) is 32.5 Å². The molecule has 0 aliphatic rings. The van der Waals surface area contributed by atoms with Crippen molar-refractivity contribution in [2.75, 3.05) is 0 Å². The Balaban J connectivity index is 1.55. The molecule has 0 heterocycles. The summed E-state index contributed by atoms with van der Waals surface area (Å²) in [7, 11) is 0. The van der Waals surface area contributed by atoms with Crippen LogP contribution in [-0.2, 0) is 34.0 Å². The van der Waals surface area contributed by atoms with E-state index in [9.17, 15) is 14.4 Å². The molecule has 1 unspecified atom stereocenters. The summed E-state index contributed by atoms with van der Waals surface area (Å²) in [4.78, 5) is 38.1. The summed E-state index contributed by atoms with van der Waals surface area (Å²) in [6, 6.07) is 29.3. The van der Waals surface area contributed by atoms with Gasteiger partial charge in [0.25, 0.3) is 0 Å². The maximum Gasteiger partial charge on any atom is 0.220 e. The minimum atomic E-state index is -0.437. The van der Waals surface area contributed by atoms with Crippen LogP contribution in [0.15, 0.2) is 91.0 Å². The molecule has 3 aromatic rings. The summed E-state index contributed by atoms with van der Waals surface area (Å²) in [6.45, 7) is 5.47. The van der Waals surface area contributed by atoms with Gasteiger partial charge in [-0.3, -0.25) is 14.4 Å². The summed E-state index contributed by atoms with van der Waals surface area (Å²) < 4.78 is 0. The molecule has 39 heavy (non-hydrogen) atoms. The summed E-state index contributed by atoms with van der Waals surface area (Å²) in [5.41, 5.74) is 2.68. The highest BCUT2D eigenvalue weighted by Gasteiger charge is 2.32.